The lowest BCUT2D eigenvalue weighted by Crippen LogP contribution is -2.22. The predicted octanol–water partition coefficient (Wildman–Crippen LogP) is 5.51. The van der Waals surface area contributed by atoms with Crippen molar-refractivity contribution in [3.05, 3.63) is 82.4 Å². The van der Waals surface area contributed by atoms with Gasteiger partial charge in [-0.15, -0.1) is 0 Å². The Balaban J connectivity index is 1.88. The molecule has 0 fully saturated rings. The van der Waals surface area contributed by atoms with Gasteiger partial charge < -0.3 is 24.8 Å². The highest BCUT2D eigenvalue weighted by Gasteiger charge is 2.23. The van der Waals surface area contributed by atoms with E-state index in [0.29, 0.717) is 28.9 Å². The summed E-state index contributed by atoms with van der Waals surface area (Å²) in [6.07, 6.45) is 0. The predicted molar refractivity (Wildman–Crippen MR) is 142 cm³/mol. The van der Waals surface area contributed by atoms with E-state index in [-0.39, 0.29) is 18.0 Å². The topological polar surface area (TPSA) is 99.3 Å². The number of fused-ring (bicyclic) bond motifs is 1. The molecular formula is C27H31N3O4Si. The summed E-state index contributed by atoms with van der Waals surface area (Å²) in [5, 5.41) is 1.12. The third-order valence-corrected chi connectivity index (χ3v) is 7.62. The fraction of sp³-hybridized carbons (Fsp3) is 0.259. The van der Waals surface area contributed by atoms with Crippen molar-refractivity contribution in [2.75, 3.05) is 6.61 Å². The highest BCUT2D eigenvalue weighted by molar-refractivity contribution is 6.76. The van der Waals surface area contributed by atoms with E-state index in [4.69, 9.17) is 15.2 Å². The molecule has 0 aliphatic rings. The number of nitrogens with two attached hydrogens (primary N) is 1. The van der Waals surface area contributed by atoms with Crippen LogP contribution < -0.4 is 16.0 Å². The fourth-order valence-corrected chi connectivity index (χ4v) is 4.80. The number of hydrogen-bond acceptors (Lipinski definition) is 4. The second kappa shape index (κ2) is 9.93. The van der Waals surface area contributed by atoms with Crippen molar-refractivity contribution >= 4 is 24.8 Å². The Morgan fingerprint density at radius 2 is 1.74 bits per heavy atom. The third-order valence-electron chi connectivity index (χ3n) is 5.92. The van der Waals surface area contributed by atoms with Gasteiger partial charge in [0.05, 0.1) is 11.1 Å². The summed E-state index contributed by atoms with van der Waals surface area (Å²) in [7, 11) is -1.26. The second-order valence-electron chi connectivity index (χ2n) is 9.79. The monoisotopic (exact) mass is 489 g/mol. The Hall–Kier alpha value is -3.62. The molecule has 2 aromatic heterocycles. The van der Waals surface area contributed by atoms with Crippen LogP contribution in [0.2, 0.25) is 25.7 Å². The number of aryl methyl sites for hydroxylation is 1. The minimum absolute atomic E-state index is 0.0574. The molecule has 0 aliphatic carbocycles. The molecule has 1 amide bonds. The summed E-state index contributed by atoms with van der Waals surface area (Å²) >= 11 is 0. The Bertz CT molecular complexity index is 1420. The summed E-state index contributed by atoms with van der Waals surface area (Å²) in [6.45, 7) is 9.70. The first-order valence-electron chi connectivity index (χ1n) is 11.6. The number of benzene rings is 2. The molecule has 0 spiro atoms. The van der Waals surface area contributed by atoms with Crippen LogP contribution in [-0.2, 0) is 11.5 Å². The smallest absolute Gasteiger partial charge is 0.265 e. The van der Waals surface area contributed by atoms with E-state index in [1.807, 2.05) is 66.1 Å². The zero-order valence-corrected chi connectivity index (χ0v) is 21.6. The van der Waals surface area contributed by atoms with E-state index in [9.17, 15) is 9.59 Å². The van der Waals surface area contributed by atoms with Crippen LogP contribution in [0.1, 0.15) is 16.2 Å². The normalized spacial score (nSPS) is 11.7. The number of aromatic nitrogens is 2. The number of carbonyl (C=O) groups excluding carboxylic acids is 1. The Labute approximate surface area is 205 Å². The number of amides is 1. The van der Waals surface area contributed by atoms with Crippen LogP contribution in [0.5, 0.6) is 11.5 Å². The van der Waals surface area contributed by atoms with E-state index >= 15 is 0 Å². The van der Waals surface area contributed by atoms with Gasteiger partial charge >= 0.3 is 0 Å². The molecule has 2 aromatic carbocycles. The van der Waals surface area contributed by atoms with Gasteiger partial charge in [-0.25, -0.2) is 0 Å². The van der Waals surface area contributed by atoms with Crippen molar-refractivity contribution in [3.63, 3.8) is 0 Å². The molecule has 7 nitrogen and oxygen atoms in total. The fourth-order valence-electron chi connectivity index (χ4n) is 4.04. The molecule has 4 rings (SSSR count). The van der Waals surface area contributed by atoms with Crippen LogP contribution in [0.15, 0.2) is 65.5 Å². The van der Waals surface area contributed by atoms with E-state index in [2.05, 4.69) is 24.6 Å². The lowest BCUT2D eigenvalue weighted by Gasteiger charge is -2.18. The Morgan fingerprint density at radius 3 is 2.43 bits per heavy atom. The van der Waals surface area contributed by atoms with Crippen LogP contribution in [0.3, 0.4) is 0 Å². The minimum Gasteiger partial charge on any atom is -0.457 e. The van der Waals surface area contributed by atoms with Crippen LogP contribution in [0.25, 0.3) is 22.0 Å². The molecule has 0 saturated heterocycles. The van der Waals surface area contributed by atoms with Gasteiger partial charge in [-0.1, -0.05) is 50.0 Å². The molecule has 0 aliphatic heterocycles. The maximum absolute atomic E-state index is 13.0. The number of aromatic amines is 1. The zero-order valence-electron chi connectivity index (χ0n) is 20.6. The van der Waals surface area contributed by atoms with E-state index in [0.717, 1.165) is 23.0 Å². The minimum atomic E-state index is -1.26. The van der Waals surface area contributed by atoms with Crippen molar-refractivity contribution < 1.29 is 14.3 Å². The lowest BCUT2D eigenvalue weighted by molar-refractivity contribution is 0.0875. The number of para-hydroxylation sites is 2. The summed E-state index contributed by atoms with van der Waals surface area (Å²) in [5.41, 5.74) is 7.48. The van der Waals surface area contributed by atoms with E-state index < -0.39 is 14.0 Å². The molecule has 0 radical (unpaired) electrons. The van der Waals surface area contributed by atoms with Crippen molar-refractivity contribution in [1.82, 2.24) is 9.55 Å². The maximum Gasteiger partial charge on any atom is 0.265 e. The number of nitrogens with one attached hydrogen (secondary N) is 1. The van der Waals surface area contributed by atoms with Crippen molar-refractivity contribution in [3.8, 4) is 22.8 Å². The second-order valence-corrected chi connectivity index (χ2v) is 15.4. The average Bonchev–Trinajstić information content (AvgIpc) is 3.09. The molecule has 0 saturated carbocycles. The van der Waals surface area contributed by atoms with Gasteiger partial charge in [-0.2, -0.15) is 0 Å². The number of nitrogens with zero attached hydrogens (tertiary/aromatic N) is 1. The highest BCUT2D eigenvalue weighted by Crippen LogP contribution is 2.39. The molecule has 182 valence electrons. The van der Waals surface area contributed by atoms with Gasteiger partial charge in [0.1, 0.15) is 23.9 Å². The summed E-state index contributed by atoms with van der Waals surface area (Å²) in [4.78, 5) is 27.6. The molecule has 0 atom stereocenters. The average molecular weight is 490 g/mol. The van der Waals surface area contributed by atoms with Crippen LogP contribution >= 0.6 is 0 Å². The Morgan fingerprint density at radius 1 is 1.06 bits per heavy atom. The van der Waals surface area contributed by atoms with Crippen molar-refractivity contribution in [1.29, 1.82) is 0 Å². The molecule has 0 bridgehead atoms. The van der Waals surface area contributed by atoms with E-state index in [1.54, 1.807) is 6.07 Å². The molecule has 0 unspecified atom stereocenters. The Kier molecular flexibility index (Phi) is 6.95. The van der Waals surface area contributed by atoms with Gasteiger partial charge in [0, 0.05) is 31.3 Å². The first kappa shape index (κ1) is 24.5. The van der Waals surface area contributed by atoms with E-state index in [1.165, 1.54) is 0 Å². The van der Waals surface area contributed by atoms with Crippen molar-refractivity contribution in [2.45, 2.75) is 39.3 Å². The number of rotatable bonds is 9. The number of primary amides is 1. The number of carbonyl (C=O) groups is 1. The number of H-pyrrole nitrogens is 1. The highest BCUT2D eigenvalue weighted by atomic mass is 28.3. The maximum atomic E-state index is 13.0. The largest absolute Gasteiger partial charge is 0.457 e. The zero-order chi connectivity index (χ0) is 25.2. The quantitative estimate of drug-likeness (QED) is 0.239. The summed E-state index contributed by atoms with van der Waals surface area (Å²) < 4.78 is 14.3. The molecule has 4 aromatic rings. The number of ether oxygens (including phenoxy) is 2. The summed E-state index contributed by atoms with van der Waals surface area (Å²) in [5.74, 6) is 0.629. The standard InChI is InChI=1S/C27H31N3O4Si/c1-18-24-21(16-22(26(28)31)29-27(24)32)25(30(18)17-33-14-15-35(2,3)4)20-12-8-9-13-23(20)34-19-10-6-5-7-11-19/h5-13,16H,14-15,17H2,1-4H3,(H2,28,31)(H,29,32). The van der Waals surface area contributed by atoms with Crippen molar-refractivity contribution in [2.24, 2.45) is 5.73 Å². The number of pyridine rings is 1. The molecule has 8 heteroatoms. The van der Waals surface area contributed by atoms with Gasteiger partial charge in [0.25, 0.3) is 11.5 Å². The molecule has 35 heavy (non-hydrogen) atoms. The van der Waals surface area contributed by atoms with Crippen LogP contribution in [-0.4, -0.2) is 30.1 Å². The van der Waals surface area contributed by atoms with Crippen LogP contribution in [0.4, 0.5) is 0 Å². The van der Waals surface area contributed by atoms with Gasteiger partial charge in [0.2, 0.25) is 0 Å². The van der Waals surface area contributed by atoms with Gasteiger partial charge in [-0.05, 0) is 43.3 Å². The molecule has 2 heterocycles. The third kappa shape index (κ3) is 5.39. The molecule has 3 N–H and O–H groups in total. The van der Waals surface area contributed by atoms with Crippen LogP contribution in [0, 0.1) is 6.92 Å². The number of hydrogen-bond donors (Lipinski definition) is 2. The van der Waals surface area contributed by atoms with Gasteiger partial charge in [0.15, 0.2) is 0 Å². The molecular weight excluding hydrogens is 458 g/mol. The first-order valence-corrected chi connectivity index (χ1v) is 15.3. The lowest BCUT2D eigenvalue weighted by atomic mass is 10.1. The van der Waals surface area contributed by atoms with Gasteiger partial charge in [-0.3, -0.25) is 9.59 Å². The summed E-state index contributed by atoms with van der Waals surface area (Å²) in [6, 6.07) is 19.8. The SMILES string of the molecule is Cc1c2c(=O)[nH]c(C(N)=O)cc2c(-c2ccccc2Oc2ccccc2)n1COCC[Si](C)(C)C. The first-order chi connectivity index (χ1) is 16.7.